The van der Waals surface area contributed by atoms with Crippen LogP contribution in [0, 0.1) is 0 Å². The summed E-state index contributed by atoms with van der Waals surface area (Å²) in [4.78, 5) is 24.1. The Balaban J connectivity index is 1.33. The molecule has 3 aromatic rings. The lowest BCUT2D eigenvalue weighted by Gasteiger charge is -2.09. The van der Waals surface area contributed by atoms with Crippen molar-refractivity contribution in [3.05, 3.63) is 58.7 Å². The molecule has 10 heteroatoms. The number of aromatic nitrogens is 4. The number of nitrogens with one attached hydrogen (secondary N) is 1. The molecule has 3 heterocycles. The Bertz CT molecular complexity index is 1050. The normalized spacial score (nSPS) is 15.9. The van der Waals surface area contributed by atoms with Gasteiger partial charge in [-0.25, -0.2) is 4.68 Å². The van der Waals surface area contributed by atoms with E-state index in [1.807, 2.05) is 30.3 Å². The predicted molar refractivity (Wildman–Crippen MR) is 110 cm³/mol. The molecule has 1 atom stereocenters. The van der Waals surface area contributed by atoms with Gasteiger partial charge in [-0.05, 0) is 18.9 Å². The van der Waals surface area contributed by atoms with E-state index in [1.165, 1.54) is 10.7 Å². The fraction of sp³-hybridized carbons (Fsp3) is 0.350. The van der Waals surface area contributed by atoms with Crippen LogP contribution in [0.3, 0.4) is 0 Å². The average molecular weight is 427 g/mol. The van der Waals surface area contributed by atoms with Gasteiger partial charge in [0.1, 0.15) is 6.54 Å². The monoisotopic (exact) mass is 427 g/mol. The minimum Gasteiger partial charge on any atom is -0.414 e. The Morgan fingerprint density at radius 3 is 2.87 bits per heavy atom. The number of benzene rings is 1. The third-order valence-corrected chi connectivity index (χ3v) is 5.37. The van der Waals surface area contributed by atoms with Crippen molar-refractivity contribution in [1.82, 2.24) is 25.3 Å². The van der Waals surface area contributed by atoms with E-state index in [-0.39, 0.29) is 41.0 Å². The number of hydrogen-bond acceptors (Lipinski definition) is 8. The van der Waals surface area contributed by atoms with E-state index in [9.17, 15) is 9.59 Å². The second-order valence-electron chi connectivity index (χ2n) is 6.77. The van der Waals surface area contributed by atoms with Crippen LogP contribution in [-0.4, -0.2) is 50.9 Å². The Morgan fingerprint density at radius 1 is 1.20 bits per heavy atom. The van der Waals surface area contributed by atoms with Gasteiger partial charge < -0.3 is 14.5 Å². The van der Waals surface area contributed by atoms with E-state index >= 15 is 0 Å². The summed E-state index contributed by atoms with van der Waals surface area (Å²) < 4.78 is 12.3. The minimum atomic E-state index is -0.268. The van der Waals surface area contributed by atoms with Crippen LogP contribution in [0.2, 0.25) is 0 Å². The molecule has 4 rings (SSSR count). The van der Waals surface area contributed by atoms with Crippen LogP contribution in [0.1, 0.15) is 18.7 Å². The molecule has 1 aliphatic heterocycles. The van der Waals surface area contributed by atoms with Gasteiger partial charge in [0.05, 0.1) is 17.6 Å². The first-order valence-corrected chi connectivity index (χ1v) is 10.6. The van der Waals surface area contributed by atoms with E-state index in [0.29, 0.717) is 12.2 Å². The first kappa shape index (κ1) is 20.3. The van der Waals surface area contributed by atoms with E-state index < -0.39 is 0 Å². The molecule has 9 nitrogen and oxygen atoms in total. The minimum absolute atomic E-state index is 0.0539. The molecule has 1 N–H and O–H groups in total. The van der Waals surface area contributed by atoms with Crippen LogP contribution in [0.4, 0.5) is 0 Å². The van der Waals surface area contributed by atoms with Crippen LogP contribution in [0.5, 0.6) is 0 Å². The first-order chi connectivity index (χ1) is 14.7. The average Bonchev–Trinajstić information content (AvgIpc) is 3.45. The number of nitrogens with zero attached hydrogens (tertiary/aromatic N) is 4. The van der Waals surface area contributed by atoms with Gasteiger partial charge in [-0.15, -0.1) is 10.2 Å². The smallest absolute Gasteiger partial charge is 0.277 e. The van der Waals surface area contributed by atoms with Gasteiger partial charge in [0, 0.05) is 24.8 Å². The molecule has 0 spiro atoms. The molecule has 0 unspecified atom stereocenters. The third-order valence-electron chi connectivity index (χ3n) is 4.55. The quantitative estimate of drug-likeness (QED) is 0.541. The number of carbonyl (C=O) groups excluding carboxylic acids is 1. The van der Waals surface area contributed by atoms with Gasteiger partial charge in [-0.1, -0.05) is 42.1 Å². The summed E-state index contributed by atoms with van der Waals surface area (Å²) in [6.07, 6.45) is 2.11. The lowest BCUT2D eigenvalue weighted by molar-refractivity contribution is -0.119. The summed E-state index contributed by atoms with van der Waals surface area (Å²) in [7, 11) is 0. The maximum absolute atomic E-state index is 12.2. The van der Waals surface area contributed by atoms with Crippen LogP contribution in [-0.2, 0) is 16.1 Å². The van der Waals surface area contributed by atoms with Gasteiger partial charge in [0.25, 0.3) is 10.8 Å². The first-order valence-electron chi connectivity index (χ1n) is 9.64. The number of ether oxygens (including phenoxy) is 1. The van der Waals surface area contributed by atoms with Crippen molar-refractivity contribution in [2.24, 2.45) is 0 Å². The lowest BCUT2D eigenvalue weighted by atomic mass is 10.1. The molecule has 156 valence electrons. The fourth-order valence-corrected chi connectivity index (χ4v) is 3.64. The zero-order valence-corrected chi connectivity index (χ0v) is 17.0. The van der Waals surface area contributed by atoms with Crippen molar-refractivity contribution < 1.29 is 13.9 Å². The Kier molecular flexibility index (Phi) is 6.55. The van der Waals surface area contributed by atoms with Gasteiger partial charge >= 0.3 is 0 Å². The van der Waals surface area contributed by atoms with Crippen LogP contribution in [0.15, 0.2) is 56.9 Å². The topological polar surface area (TPSA) is 112 Å². The van der Waals surface area contributed by atoms with Gasteiger partial charge in [-0.2, -0.15) is 5.10 Å². The molecule has 1 aliphatic rings. The summed E-state index contributed by atoms with van der Waals surface area (Å²) in [5, 5.41) is 15.4. The van der Waals surface area contributed by atoms with Crippen LogP contribution < -0.4 is 10.9 Å². The van der Waals surface area contributed by atoms with Crippen molar-refractivity contribution in [3.63, 3.8) is 0 Å². The summed E-state index contributed by atoms with van der Waals surface area (Å²) >= 11 is 1.15. The highest BCUT2D eigenvalue weighted by Gasteiger charge is 2.17. The van der Waals surface area contributed by atoms with Crippen molar-refractivity contribution in [2.45, 2.75) is 30.7 Å². The molecule has 1 fully saturated rings. The molecule has 0 radical (unpaired) electrons. The van der Waals surface area contributed by atoms with Crippen molar-refractivity contribution in [2.75, 3.05) is 18.9 Å². The SMILES string of the molecule is O=C(CSc1nnc(Cn2nc(-c3ccccc3)ccc2=O)o1)NC[C@H]1CCCO1. The number of rotatable bonds is 8. The molecule has 1 saturated heterocycles. The van der Waals surface area contributed by atoms with Gasteiger partial charge in [0.15, 0.2) is 0 Å². The van der Waals surface area contributed by atoms with E-state index in [2.05, 4.69) is 20.6 Å². The second kappa shape index (κ2) is 9.68. The number of thioether (sulfide) groups is 1. The molecule has 0 aliphatic carbocycles. The van der Waals surface area contributed by atoms with E-state index in [1.54, 1.807) is 6.07 Å². The standard InChI is InChI=1S/C20H21N5O4S/c26-17(21-11-15-7-4-10-28-15)13-30-20-23-22-18(29-20)12-25-19(27)9-8-16(24-25)14-5-2-1-3-6-14/h1-3,5-6,8-9,15H,4,7,10-13H2,(H,21,26)/t15-/m1/s1. The molecule has 0 bridgehead atoms. The molecular formula is C20H21N5O4S. The second-order valence-corrected chi connectivity index (χ2v) is 7.70. The Morgan fingerprint density at radius 2 is 2.07 bits per heavy atom. The highest BCUT2D eigenvalue weighted by Crippen LogP contribution is 2.17. The van der Waals surface area contributed by atoms with Gasteiger partial charge in [0.2, 0.25) is 11.8 Å². The molecule has 0 saturated carbocycles. The van der Waals surface area contributed by atoms with Crippen LogP contribution >= 0.6 is 11.8 Å². The highest BCUT2D eigenvalue weighted by atomic mass is 32.2. The fourth-order valence-electron chi connectivity index (χ4n) is 3.02. The third kappa shape index (κ3) is 5.33. The number of hydrogen-bond donors (Lipinski definition) is 1. The summed E-state index contributed by atoms with van der Waals surface area (Å²) in [5.74, 6) is 0.288. The molecule has 30 heavy (non-hydrogen) atoms. The van der Waals surface area contributed by atoms with Crippen molar-refractivity contribution >= 4 is 17.7 Å². The number of carbonyl (C=O) groups is 1. The molecule has 1 amide bonds. The lowest BCUT2D eigenvalue weighted by Crippen LogP contribution is -2.32. The van der Waals surface area contributed by atoms with Gasteiger partial charge in [-0.3, -0.25) is 9.59 Å². The maximum Gasteiger partial charge on any atom is 0.277 e. The van der Waals surface area contributed by atoms with E-state index in [0.717, 1.165) is 36.8 Å². The summed E-state index contributed by atoms with van der Waals surface area (Å²) in [6.45, 7) is 1.32. The van der Waals surface area contributed by atoms with E-state index in [4.69, 9.17) is 9.15 Å². The van der Waals surface area contributed by atoms with Crippen molar-refractivity contribution in [1.29, 1.82) is 0 Å². The molecule has 1 aromatic carbocycles. The maximum atomic E-state index is 12.2. The summed E-state index contributed by atoms with van der Waals surface area (Å²) in [5.41, 5.74) is 1.31. The van der Waals surface area contributed by atoms with Crippen LogP contribution in [0.25, 0.3) is 11.3 Å². The Hall–Kier alpha value is -2.98. The van der Waals surface area contributed by atoms with Crippen molar-refractivity contribution in [3.8, 4) is 11.3 Å². The highest BCUT2D eigenvalue weighted by molar-refractivity contribution is 7.99. The zero-order chi connectivity index (χ0) is 20.8. The number of amides is 1. The molecule has 2 aromatic heterocycles. The predicted octanol–water partition coefficient (Wildman–Crippen LogP) is 1.73. The summed E-state index contributed by atoms with van der Waals surface area (Å²) in [6, 6.07) is 12.7. The Labute approximate surface area is 176 Å². The largest absolute Gasteiger partial charge is 0.414 e. The zero-order valence-electron chi connectivity index (χ0n) is 16.2. The molecular weight excluding hydrogens is 406 g/mol.